The summed E-state index contributed by atoms with van der Waals surface area (Å²) >= 11 is 0. The average molecular weight is 257 g/mol. The van der Waals surface area contributed by atoms with Crippen LogP contribution in [0.4, 0.5) is 0 Å². The third kappa shape index (κ3) is 2.28. The standard InChI is InChI=1S/C15H19N3O/c1-9(2)13(16)14-17-15(19-18-14)12-7-10-5-3-4-6-11(10)8-12/h3-6,9,12-13H,7-8,16H2,1-2H3. The van der Waals surface area contributed by atoms with Gasteiger partial charge in [-0.1, -0.05) is 43.3 Å². The summed E-state index contributed by atoms with van der Waals surface area (Å²) in [5.41, 5.74) is 8.83. The van der Waals surface area contributed by atoms with Gasteiger partial charge in [-0.15, -0.1) is 0 Å². The van der Waals surface area contributed by atoms with Crippen LogP contribution in [-0.4, -0.2) is 10.1 Å². The fourth-order valence-corrected chi connectivity index (χ4v) is 2.58. The van der Waals surface area contributed by atoms with E-state index in [9.17, 15) is 0 Å². The number of nitrogens with zero attached hydrogens (tertiary/aromatic N) is 2. The maximum Gasteiger partial charge on any atom is 0.230 e. The summed E-state index contributed by atoms with van der Waals surface area (Å²) < 4.78 is 5.41. The van der Waals surface area contributed by atoms with Gasteiger partial charge in [-0.2, -0.15) is 4.98 Å². The molecule has 2 aromatic rings. The maximum atomic E-state index is 6.05. The van der Waals surface area contributed by atoms with Crippen molar-refractivity contribution in [3.05, 3.63) is 47.1 Å². The van der Waals surface area contributed by atoms with E-state index in [2.05, 4.69) is 48.3 Å². The number of hydrogen-bond acceptors (Lipinski definition) is 4. The van der Waals surface area contributed by atoms with Crippen LogP contribution in [0.15, 0.2) is 28.8 Å². The van der Waals surface area contributed by atoms with Crippen LogP contribution in [0.1, 0.15) is 48.6 Å². The van der Waals surface area contributed by atoms with E-state index in [-0.39, 0.29) is 6.04 Å². The van der Waals surface area contributed by atoms with E-state index in [0.29, 0.717) is 17.7 Å². The Balaban J connectivity index is 1.79. The molecule has 0 aliphatic heterocycles. The van der Waals surface area contributed by atoms with Crippen molar-refractivity contribution in [2.24, 2.45) is 11.7 Å². The van der Waals surface area contributed by atoms with Gasteiger partial charge in [0.25, 0.3) is 0 Å². The van der Waals surface area contributed by atoms with E-state index < -0.39 is 0 Å². The molecule has 1 atom stereocenters. The first kappa shape index (κ1) is 12.4. The van der Waals surface area contributed by atoms with Crippen LogP contribution >= 0.6 is 0 Å². The number of rotatable bonds is 3. The Bertz CT molecular complexity index is 551. The number of aromatic nitrogens is 2. The Labute approximate surface area is 113 Å². The Hall–Kier alpha value is -1.68. The van der Waals surface area contributed by atoms with Gasteiger partial charge in [-0.05, 0) is 29.9 Å². The van der Waals surface area contributed by atoms with Crippen LogP contribution in [0.25, 0.3) is 0 Å². The number of fused-ring (bicyclic) bond motifs is 1. The van der Waals surface area contributed by atoms with Crippen LogP contribution in [0.2, 0.25) is 0 Å². The monoisotopic (exact) mass is 257 g/mol. The molecular formula is C15H19N3O. The van der Waals surface area contributed by atoms with Crippen molar-refractivity contribution < 1.29 is 4.52 Å². The number of hydrogen-bond donors (Lipinski definition) is 1. The van der Waals surface area contributed by atoms with Gasteiger partial charge in [0.15, 0.2) is 5.82 Å². The molecule has 0 radical (unpaired) electrons. The predicted molar refractivity (Wildman–Crippen MR) is 72.7 cm³/mol. The van der Waals surface area contributed by atoms with Crippen molar-refractivity contribution in [1.82, 2.24) is 10.1 Å². The summed E-state index contributed by atoms with van der Waals surface area (Å²) in [4.78, 5) is 4.49. The lowest BCUT2D eigenvalue weighted by Crippen LogP contribution is -2.18. The molecule has 1 aromatic heterocycles. The molecule has 4 nitrogen and oxygen atoms in total. The second-order valence-corrected chi connectivity index (χ2v) is 5.63. The lowest BCUT2D eigenvalue weighted by molar-refractivity contribution is 0.345. The fraction of sp³-hybridized carbons (Fsp3) is 0.467. The molecule has 0 spiro atoms. The summed E-state index contributed by atoms with van der Waals surface area (Å²) in [6, 6.07) is 8.35. The van der Waals surface area contributed by atoms with Gasteiger partial charge in [-0.3, -0.25) is 0 Å². The first-order valence-electron chi connectivity index (χ1n) is 6.81. The first-order valence-corrected chi connectivity index (χ1v) is 6.81. The van der Waals surface area contributed by atoms with E-state index in [1.54, 1.807) is 0 Å². The van der Waals surface area contributed by atoms with Crippen molar-refractivity contribution in [1.29, 1.82) is 0 Å². The van der Waals surface area contributed by atoms with E-state index in [1.165, 1.54) is 11.1 Å². The zero-order chi connectivity index (χ0) is 13.4. The topological polar surface area (TPSA) is 64.9 Å². The Morgan fingerprint density at radius 1 is 1.21 bits per heavy atom. The number of benzene rings is 1. The molecule has 19 heavy (non-hydrogen) atoms. The largest absolute Gasteiger partial charge is 0.339 e. The minimum atomic E-state index is -0.152. The Kier molecular flexibility index (Phi) is 3.11. The highest BCUT2D eigenvalue weighted by atomic mass is 16.5. The lowest BCUT2D eigenvalue weighted by atomic mass is 10.0. The quantitative estimate of drug-likeness (QED) is 0.918. The van der Waals surface area contributed by atoms with Crippen molar-refractivity contribution in [3.8, 4) is 0 Å². The highest BCUT2D eigenvalue weighted by Crippen LogP contribution is 2.33. The van der Waals surface area contributed by atoms with Crippen LogP contribution < -0.4 is 5.73 Å². The molecule has 4 heteroatoms. The SMILES string of the molecule is CC(C)C(N)c1noc(C2Cc3ccccc3C2)n1. The normalized spacial score (nSPS) is 16.8. The van der Waals surface area contributed by atoms with Gasteiger partial charge in [-0.25, -0.2) is 0 Å². The maximum absolute atomic E-state index is 6.05. The zero-order valence-corrected chi connectivity index (χ0v) is 11.3. The summed E-state index contributed by atoms with van der Waals surface area (Å²) in [7, 11) is 0. The van der Waals surface area contributed by atoms with Gasteiger partial charge in [0, 0.05) is 5.92 Å². The third-order valence-corrected chi connectivity index (χ3v) is 3.87. The molecule has 0 amide bonds. The van der Waals surface area contributed by atoms with Crippen molar-refractivity contribution >= 4 is 0 Å². The van der Waals surface area contributed by atoms with Gasteiger partial charge in [0.05, 0.1) is 6.04 Å². The average Bonchev–Trinajstić information content (AvgIpc) is 3.03. The summed E-state index contributed by atoms with van der Waals surface area (Å²) in [5.74, 6) is 1.97. The molecule has 1 heterocycles. The molecule has 0 saturated carbocycles. The molecule has 3 rings (SSSR count). The van der Waals surface area contributed by atoms with Gasteiger partial charge < -0.3 is 10.3 Å². The predicted octanol–water partition coefficient (Wildman–Crippen LogP) is 2.61. The lowest BCUT2D eigenvalue weighted by Gasteiger charge is -2.09. The van der Waals surface area contributed by atoms with E-state index in [4.69, 9.17) is 10.3 Å². The van der Waals surface area contributed by atoms with E-state index in [1.807, 2.05) is 0 Å². The molecule has 0 bridgehead atoms. The molecule has 0 fully saturated rings. The first-order chi connectivity index (χ1) is 9.15. The smallest absolute Gasteiger partial charge is 0.230 e. The highest BCUT2D eigenvalue weighted by Gasteiger charge is 2.28. The van der Waals surface area contributed by atoms with Crippen molar-refractivity contribution in [2.45, 2.75) is 38.6 Å². The molecule has 100 valence electrons. The minimum absolute atomic E-state index is 0.152. The molecule has 1 aliphatic rings. The van der Waals surface area contributed by atoms with E-state index in [0.717, 1.165) is 18.7 Å². The van der Waals surface area contributed by atoms with Crippen molar-refractivity contribution in [3.63, 3.8) is 0 Å². The molecule has 2 N–H and O–H groups in total. The van der Waals surface area contributed by atoms with Crippen LogP contribution in [-0.2, 0) is 12.8 Å². The van der Waals surface area contributed by atoms with Gasteiger partial charge >= 0.3 is 0 Å². The number of nitrogens with two attached hydrogens (primary N) is 1. The molecular weight excluding hydrogens is 238 g/mol. The highest BCUT2D eigenvalue weighted by molar-refractivity contribution is 5.34. The van der Waals surface area contributed by atoms with Crippen molar-refractivity contribution in [2.75, 3.05) is 0 Å². The minimum Gasteiger partial charge on any atom is -0.339 e. The second kappa shape index (κ2) is 4.78. The van der Waals surface area contributed by atoms with Gasteiger partial charge in [0.1, 0.15) is 0 Å². The molecule has 0 saturated heterocycles. The Morgan fingerprint density at radius 2 is 1.84 bits per heavy atom. The summed E-state index contributed by atoms with van der Waals surface area (Å²) in [6.45, 7) is 4.12. The molecule has 1 aliphatic carbocycles. The second-order valence-electron chi connectivity index (χ2n) is 5.63. The fourth-order valence-electron chi connectivity index (χ4n) is 2.58. The Morgan fingerprint density at radius 3 is 2.42 bits per heavy atom. The molecule has 1 aromatic carbocycles. The third-order valence-electron chi connectivity index (χ3n) is 3.87. The van der Waals surface area contributed by atoms with Gasteiger partial charge in [0.2, 0.25) is 5.89 Å². The zero-order valence-electron chi connectivity index (χ0n) is 11.3. The van der Waals surface area contributed by atoms with E-state index >= 15 is 0 Å². The molecule has 1 unspecified atom stereocenters. The summed E-state index contributed by atoms with van der Waals surface area (Å²) in [5, 5.41) is 4.03. The van der Waals surface area contributed by atoms with Crippen LogP contribution in [0, 0.1) is 5.92 Å². The summed E-state index contributed by atoms with van der Waals surface area (Å²) in [6.07, 6.45) is 1.96. The van der Waals surface area contributed by atoms with Crippen LogP contribution in [0.5, 0.6) is 0 Å². The van der Waals surface area contributed by atoms with Crippen LogP contribution in [0.3, 0.4) is 0 Å².